The van der Waals surface area contributed by atoms with E-state index in [0.29, 0.717) is 17.2 Å². The van der Waals surface area contributed by atoms with Crippen molar-refractivity contribution in [2.24, 2.45) is 0 Å². The van der Waals surface area contributed by atoms with E-state index in [0.717, 1.165) is 43.6 Å². The van der Waals surface area contributed by atoms with Crippen molar-refractivity contribution in [2.45, 2.75) is 6.92 Å². The average Bonchev–Trinajstić information content (AvgIpc) is 2.74. The van der Waals surface area contributed by atoms with Gasteiger partial charge in [0, 0.05) is 50.2 Å². The van der Waals surface area contributed by atoms with E-state index in [2.05, 4.69) is 37.0 Å². The highest BCUT2D eigenvalue weighted by Crippen LogP contribution is 2.21. The van der Waals surface area contributed by atoms with Crippen molar-refractivity contribution < 1.29 is 4.79 Å². The van der Waals surface area contributed by atoms with Gasteiger partial charge in [-0.3, -0.25) is 9.78 Å². The number of pyridine rings is 1. The molecule has 2 aromatic heterocycles. The maximum atomic E-state index is 12.6. The van der Waals surface area contributed by atoms with E-state index in [1.165, 1.54) is 0 Å². The highest BCUT2D eigenvalue weighted by Gasteiger charge is 2.18. The molecule has 0 spiro atoms. The maximum Gasteiger partial charge on any atom is 0.258 e. The van der Waals surface area contributed by atoms with Gasteiger partial charge in [-0.1, -0.05) is 25.1 Å². The fourth-order valence-corrected chi connectivity index (χ4v) is 3.27. The first-order chi connectivity index (χ1) is 13.2. The van der Waals surface area contributed by atoms with Gasteiger partial charge in [0.15, 0.2) is 0 Å². The lowest BCUT2D eigenvalue weighted by Crippen LogP contribution is -2.46. The lowest BCUT2D eigenvalue weighted by molar-refractivity contribution is 0.102. The van der Waals surface area contributed by atoms with Crippen molar-refractivity contribution in [1.82, 2.24) is 19.9 Å². The molecule has 3 aromatic rings. The summed E-state index contributed by atoms with van der Waals surface area (Å²) in [5.41, 5.74) is 1.87. The third kappa shape index (κ3) is 3.73. The van der Waals surface area contributed by atoms with Crippen molar-refractivity contribution in [2.75, 3.05) is 42.9 Å². The average molecular weight is 362 g/mol. The number of anilines is 2. The first-order valence-electron chi connectivity index (χ1n) is 9.19. The standard InChI is InChI=1S/C20H22N6O/c1-2-25-9-11-26(12-10-25)20-22-13-16(14-23-20)19(27)24-17-7-3-5-15-6-4-8-21-18(15)17/h3-8,13-14H,2,9-12H2,1H3,(H,24,27). The number of nitrogens with zero attached hydrogens (tertiary/aromatic N) is 5. The van der Waals surface area contributed by atoms with Gasteiger partial charge in [0.1, 0.15) is 0 Å². The Morgan fingerprint density at radius 1 is 1.04 bits per heavy atom. The quantitative estimate of drug-likeness (QED) is 0.768. The summed E-state index contributed by atoms with van der Waals surface area (Å²) in [4.78, 5) is 30.3. The van der Waals surface area contributed by atoms with Crippen LogP contribution in [0.2, 0.25) is 0 Å². The van der Waals surface area contributed by atoms with Crippen LogP contribution in [0.25, 0.3) is 10.9 Å². The number of benzene rings is 1. The molecule has 138 valence electrons. The van der Waals surface area contributed by atoms with Gasteiger partial charge in [-0.25, -0.2) is 9.97 Å². The normalized spacial score (nSPS) is 15.1. The van der Waals surface area contributed by atoms with Crippen LogP contribution in [-0.2, 0) is 0 Å². The predicted octanol–water partition coefficient (Wildman–Crippen LogP) is 2.42. The number of nitrogens with one attached hydrogen (secondary N) is 1. The predicted molar refractivity (Wildman–Crippen MR) is 106 cm³/mol. The summed E-state index contributed by atoms with van der Waals surface area (Å²) in [6.45, 7) is 7.07. The Bertz CT molecular complexity index is 929. The number of amides is 1. The zero-order valence-electron chi connectivity index (χ0n) is 15.3. The van der Waals surface area contributed by atoms with Gasteiger partial charge in [-0.2, -0.15) is 0 Å². The first-order valence-corrected chi connectivity index (χ1v) is 9.19. The summed E-state index contributed by atoms with van der Waals surface area (Å²) in [5, 5.41) is 3.89. The van der Waals surface area contributed by atoms with Crippen LogP contribution in [0.15, 0.2) is 48.9 Å². The second-order valence-electron chi connectivity index (χ2n) is 6.53. The molecule has 0 aliphatic carbocycles. The number of aromatic nitrogens is 3. The first kappa shape index (κ1) is 17.4. The van der Waals surface area contributed by atoms with Crippen molar-refractivity contribution >= 4 is 28.4 Å². The number of carbonyl (C=O) groups excluding carboxylic acids is 1. The van der Waals surface area contributed by atoms with Crippen LogP contribution in [0.3, 0.4) is 0 Å². The molecule has 4 rings (SSSR count). The van der Waals surface area contributed by atoms with Gasteiger partial charge in [0.05, 0.1) is 16.8 Å². The van der Waals surface area contributed by atoms with Crippen LogP contribution in [0.4, 0.5) is 11.6 Å². The number of piperazine rings is 1. The summed E-state index contributed by atoms with van der Waals surface area (Å²) in [6.07, 6.45) is 4.89. The molecule has 7 heteroatoms. The lowest BCUT2D eigenvalue weighted by atomic mass is 10.2. The Labute approximate surface area is 158 Å². The molecule has 0 radical (unpaired) electrons. The molecular weight excluding hydrogens is 340 g/mol. The molecule has 0 atom stereocenters. The molecule has 1 amide bonds. The Morgan fingerprint density at radius 3 is 2.52 bits per heavy atom. The minimum Gasteiger partial charge on any atom is -0.338 e. The number of rotatable bonds is 4. The van der Waals surface area contributed by atoms with Crippen LogP contribution in [0.5, 0.6) is 0 Å². The van der Waals surface area contributed by atoms with Crippen LogP contribution in [0.1, 0.15) is 17.3 Å². The number of likely N-dealkylation sites (N-methyl/N-ethyl adjacent to an activating group) is 1. The minimum absolute atomic E-state index is 0.240. The fourth-order valence-electron chi connectivity index (χ4n) is 3.27. The van der Waals surface area contributed by atoms with Gasteiger partial charge in [0.2, 0.25) is 5.95 Å². The zero-order chi connectivity index (χ0) is 18.6. The van der Waals surface area contributed by atoms with E-state index in [1.807, 2.05) is 30.3 Å². The third-order valence-electron chi connectivity index (χ3n) is 4.88. The van der Waals surface area contributed by atoms with Crippen LogP contribution in [0, 0.1) is 0 Å². The summed E-state index contributed by atoms with van der Waals surface area (Å²) in [6, 6.07) is 9.55. The van der Waals surface area contributed by atoms with Gasteiger partial charge in [-0.05, 0) is 18.7 Å². The molecule has 1 aliphatic heterocycles. The fraction of sp³-hybridized carbons (Fsp3) is 0.300. The summed E-state index contributed by atoms with van der Waals surface area (Å²) < 4.78 is 0. The molecule has 1 aromatic carbocycles. The Balaban J connectivity index is 1.46. The Morgan fingerprint density at radius 2 is 1.78 bits per heavy atom. The zero-order valence-corrected chi connectivity index (χ0v) is 15.3. The monoisotopic (exact) mass is 362 g/mol. The molecule has 27 heavy (non-hydrogen) atoms. The van der Waals surface area contributed by atoms with Gasteiger partial charge >= 0.3 is 0 Å². The van der Waals surface area contributed by atoms with E-state index >= 15 is 0 Å². The van der Waals surface area contributed by atoms with Crippen LogP contribution in [-0.4, -0.2) is 58.5 Å². The number of hydrogen-bond donors (Lipinski definition) is 1. The second-order valence-corrected chi connectivity index (χ2v) is 6.53. The van der Waals surface area contributed by atoms with Crippen LogP contribution >= 0.6 is 0 Å². The van der Waals surface area contributed by atoms with E-state index in [-0.39, 0.29) is 5.91 Å². The van der Waals surface area contributed by atoms with E-state index in [9.17, 15) is 4.79 Å². The molecule has 1 aliphatic rings. The van der Waals surface area contributed by atoms with Crippen molar-refractivity contribution in [3.8, 4) is 0 Å². The van der Waals surface area contributed by atoms with Gasteiger partial charge in [0.25, 0.3) is 5.91 Å². The van der Waals surface area contributed by atoms with Crippen LogP contribution < -0.4 is 10.2 Å². The molecule has 1 N–H and O–H groups in total. The topological polar surface area (TPSA) is 74.2 Å². The summed E-state index contributed by atoms with van der Waals surface area (Å²) in [7, 11) is 0. The molecular formula is C20H22N6O. The lowest BCUT2D eigenvalue weighted by Gasteiger charge is -2.33. The molecule has 0 bridgehead atoms. The number of hydrogen-bond acceptors (Lipinski definition) is 6. The second kappa shape index (κ2) is 7.67. The third-order valence-corrected chi connectivity index (χ3v) is 4.88. The number of carbonyl (C=O) groups is 1. The van der Waals surface area contributed by atoms with Crippen molar-refractivity contribution in [1.29, 1.82) is 0 Å². The molecule has 1 saturated heterocycles. The SMILES string of the molecule is CCN1CCN(c2ncc(C(=O)Nc3cccc4cccnc34)cn2)CC1. The summed E-state index contributed by atoms with van der Waals surface area (Å²) in [5.74, 6) is 0.435. The molecule has 0 saturated carbocycles. The van der Waals surface area contributed by atoms with E-state index in [1.54, 1.807) is 18.6 Å². The van der Waals surface area contributed by atoms with Gasteiger partial charge < -0.3 is 15.1 Å². The number of para-hydroxylation sites is 1. The van der Waals surface area contributed by atoms with E-state index in [4.69, 9.17) is 0 Å². The molecule has 0 unspecified atom stereocenters. The van der Waals surface area contributed by atoms with Crippen molar-refractivity contribution in [3.63, 3.8) is 0 Å². The molecule has 7 nitrogen and oxygen atoms in total. The largest absolute Gasteiger partial charge is 0.338 e. The number of fused-ring (bicyclic) bond motifs is 1. The highest BCUT2D eigenvalue weighted by atomic mass is 16.1. The highest BCUT2D eigenvalue weighted by molar-refractivity contribution is 6.08. The summed E-state index contributed by atoms with van der Waals surface area (Å²) >= 11 is 0. The molecule has 3 heterocycles. The Kier molecular flexibility index (Phi) is 4.93. The maximum absolute atomic E-state index is 12.6. The van der Waals surface area contributed by atoms with E-state index < -0.39 is 0 Å². The van der Waals surface area contributed by atoms with Gasteiger partial charge in [-0.15, -0.1) is 0 Å². The minimum atomic E-state index is -0.240. The Hall–Kier alpha value is -3.06. The van der Waals surface area contributed by atoms with Crippen molar-refractivity contribution in [3.05, 3.63) is 54.5 Å². The molecule has 1 fully saturated rings. The smallest absolute Gasteiger partial charge is 0.258 e.